The van der Waals surface area contributed by atoms with Crippen LogP contribution in [0.1, 0.15) is 27.3 Å². The van der Waals surface area contributed by atoms with Gasteiger partial charge < -0.3 is 15.1 Å². The van der Waals surface area contributed by atoms with E-state index in [1.54, 1.807) is 24.0 Å². The maximum Gasteiger partial charge on any atom is 0.251 e. The first-order valence-electron chi connectivity index (χ1n) is 12.5. The van der Waals surface area contributed by atoms with Gasteiger partial charge in [-0.2, -0.15) is 0 Å². The van der Waals surface area contributed by atoms with Crippen molar-refractivity contribution in [3.8, 4) is 0 Å². The fraction of sp³-hybridized carbons (Fsp3) is 0.241. The van der Waals surface area contributed by atoms with Crippen molar-refractivity contribution in [3.05, 3.63) is 107 Å². The van der Waals surface area contributed by atoms with Gasteiger partial charge in [-0.15, -0.1) is 0 Å². The number of hydrogen-bond acceptors (Lipinski definition) is 7. The zero-order chi connectivity index (χ0) is 26.3. The van der Waals surface area contributed by atoms with Crippen LogP contribution < -0.4 is 15.1 Å². The van der Waals surface area contributed by atoms with Gasteiger partial charge in [0.1, 0.15) is 11.6 Å². The standard InChI is InChI=1S/C29H29FN6OS/c1-21-17-27(36-15-13-35(14-16-36)26-11-3-2-10-25(26)30)34-29(33-21)38-20-22-7-6-8-23(18-22)28(37)32-19-24-9-4-5-12-31-24/h2-12,17-18H,13-16,19-20H2,1H3,(H,32,37). The van der Waals surface area contributed by atoms with Crippen LogP contribution in [0.2, 0.25) is 0 Å². The summed E-state index contributed by atoms with van der Waals surface area (Å²) >= 11 is 1.55. The van der Waals surface area contributed by atoms with Crippen LogP contribution in [-0.4, -0.2) is 47.0 Å². The molecule has 4 aromatic rings. The number of anilines is 2. The average molecular weight is 529 g/mol. The largest absolute Gasteiger partial charge is 0.366 e. The minimum absolute atomic E-state index is 0.133. The maximum atomic E-state index is 14.2. The van der Waals surface area contributed by atoms with Gasteiger partial charge in [0.2, 0.25) is 0 Å². The average Bonchev–Trinajstić information content (AvgIpc) is 2.96. The predicted octanol–water partition coefficient (Wildman–Crippen LogP) is 4.87. The Morgan fingerprint density at radius 3 is 2.53 bits per heavy atom. The van der Waals surface area contributed by atoms with Crippen molar-refractivity contribution < 1.29 is 9.18 Å². The number of amides is 1. The first-order valence-corrected chi connectivity index (χ1v) is 13.5. The molecule has 0 atom stereocenters. The molecule has 1 saturated heterocycles. The summed E-state index contributed by atoms with van der Waals surface area (Å²) < 4.78 is 14.2. The van der Waals surface area contributed by atoms with Crippen LogP contribution in [0.3, 0.4) is 0 Å². The Hall–Kier alpha value is -3.98. The highest BCUT2D eigenvalue weighted by molar-refractivity contribution is 7.98. The lowest BCUT2D eigenvalue weighted by Gasteiger charge is -2.37. The van der Waals surface area contributed by atoms with Gasteiger partial charge in [-0.3, -0.25) is 9.78 Å². The highest BCUT2D eigenvalue weighted by Crippen LogP contribution is 2.25. The number of pyridine rings is 1. The van der Waals surface area contributed by atoms with Gasteiger partial charge in [0.05, 0.1) is 17.9 Å². The lowest BCUT2D eigenvalue weighted by Crippen LogP contribution is -2.47. The molecule has 5 rings (SSSR count). The molecule has 0 unspecified atom stereocenters. The molecule has 0 aliphatic carbocycles. The normalized spacial score (nSPS) is 13.4. The van der Waals surface area contributed by atoms with E-state index in [0.29, 0.717) is 28.7 Å². The summed E-state index contributed by atoms with van der Waals surface area (Å²) in [6.07, 6.45) is 1.71. The summed E-state index contributed by atoms with van der Waals surface area (Å²) in [7, 11) is 0. The number of para-hydroxylation sites is 1. The Balaban J connectivity index is 1.19. The van der Waals surface area contributed by atoms with Gasteiger partial charge in [0.15, 0.2) is 5.16 Å². The van der Waals surface area contributed by atoms with Crippen LogP contribution in [0, 0.1) is 12.7 Å². The number of carbonyl (C=O) groups is 1. The van der Waals surface area contributed by atoms with E-state index in [0.717, 1.165) is 48.9 Å². The molecule has 0 bridgehead atoms. The van der Waals surface area contributed by atoms with Crippen LogP contribution in [0.5, 0.6) is 0 Å². The highest BCUT2D eigenvalue weighted by atomic mass is 32.2. The van der Waals surface area contributed by atoms with Gasteiger partial charge in [-0.05, 0) is 48.9 Å². The Labute approximate surface area is 226 Å². The summed E-state index contributed by atoms with van der Waals surface area (Å²) in [5, 5.41) is 3.62. The molecule has 2 aromatic heterocycles. The second kappa shape index (κ2) is 12.0. The van der Waals surface area contributed by atoms with E-state index in [4.69, 9.17) is 4.98 Å². The third-order valence-electron chi connectivity index (χ3n) is 6.33. The smallest absolute Gasteiger partial charge is 0.251 e. The lowest BCUT2D eigenvalue weighted by molar-refractivity contribution is 0.0950. The zero-order valence-electron chi connectivity index (χ0n) is 21.2. The molecule has 0 saturated carbocycles. The number of halogens is 1. The van der Waals surface area contributed by atoms with Crippen LogP contribution >= 0.6 is 11.8 Å². The number of thioether (sulfide) groups is 1. The van der Waals surface area contributed by atoms with Crippen molar-refractivity contribution in [2.45, 2.75) is 24.4 Å². The molecule has 38 heavy (non-hydrogen) atoms. The number of aryl methyl sites for hydroxylation is 1. The van der Waals surface area contributed by atoms with Crippen molar-refractivity contribution in [2.75, 3.05) is 36.0 Å². The Bertz CT molecular complexity index is 1390. The van der Waals surface area contributed by atoms with Gasteiger partial charge in [-0.1, -0.05) is 42.1 Å². The minimum atomic E-state index is -0.188. The van der Waals surface area contributed by atoms with Gasteiger partial charge >= 0.3 is 0 Å². The van der Waals surface area contributed by atoms with Crippen LogP contribution in [-0.2, 0) is 12.3 Å². The number of aromatic nitrogens is 3. The van der Waals surface area contributed by atoms with E-state index in [2.05, 4.69) is 25.1 Å². The molecule has 1 N–H and O–H groups in total. The summed E-state index contributed by atoms with van der Waals surface area (Å²) in [6.45, 7) is 5.31. The third-order valence-corrected chi connectivity index (χ3v) is 7.25. The van der Waals surface area contributed by atoms with Crippen molar-refractivity contribution in [1.82, 2.24) is 20.3 Å². The summed E-state index contributed by atoms with van der Waals surface area (Å²) in [5.74, 6) is 1.21. The molecule has 1 aliphatic rings. The quantitative estimate of drug-likeness (QED) is 0.258. The fourth-order valence-electron chi connectivity index (χ4n) is 4.36. The van der Waals surface area contributed by atoms with E-state index in [1.165, 1.54) is 6.07 Å². The molecule has 0 radical (unpaired) electrons. The topological polar surface area (TPSA) is 74.2 Å². The van der Waals surface area contributed by atoms with E-state index in [9.17, 15) is 9.18 Å². The van der Waals surface area contributed by atoms with Crippen molar-refractivity contribution in [2.24, 2.45) is 0 Å². The zero-order valence-corrected chi connectivity index (χ0v) is 22.0. The third kappa shape index (κ3) is 6.47. The number of carbonyl (C=O) groups excluding carboxylic acids is 1. The molecule has 7 nitrogen and oxygen atoms in total. The molecule has 3 heterocycles. The number of benzene rings is 2. The van der Waals surface area contributed by atoms with Crippen molar-refractivity contribution in [3.63, 3.8) is 0 Å². The SMILES string of the molecule is Cc1cc(N2CCN(c3ccccc3F)CC2)nc(SCc2cccc(C(=O)NCc3ccccn3)c2)n1. The molecular formula is C29H29FN6OS. The lowest BCUT2D eigenvalue weighted by atomic mass is 10.1. The number of rotatable bonds is 8. The van der Waals surface area contributed by atoms with Crippen molar-refractivity contribution in [1.29, 1.82) is 0 Å². The number of nitrogens with one attached hydrogen (secondary N) is 1. The van der Waals surface area contributed by atoms with E-state index >= 15 is 0 Å². The summed E-state index contributed by atoms with van der Waals surface area (Å²) in [4.78, 5) is 30.6. The van der Waals surface area contributed by atoms with E-state index < -0.39 is 0 Å². The maximum absolute atomic E-state index is 14.2. The molecule has 1 aliphatic heterocycles. The van der Waals surface area contributed by atoms with E-state index in [1.807, 2.05) is 67.6 Å². The molecule has 1 amide bonds. The van der Waals surface area contributed by atoms with Crippen LogP contribution in [0.4, 0.5) is 15.9 Å². The Morgan fingerprint density at radius 2 is 1.74 bits per heavy atom. The first-order chi connectivity index (χ1) is 18.5. The second-order valence-electron chi connectivity index (χ2n) is 9.07. The van der Waals surface area contributed by atoms with Gasteiger partial charge in [0.25, 0.3) is 5.91 Å². The number of piperazine rings is 1. The number of hydrogen-bond donors (Lipinski definition) is 1. The van der Waals surface area contributed by atoms with Gasteiger partial charge in [0, 0.05) is 55.5 Å². The van der Waals surface area contributed by atoms with Crippen molar-refractivity contribution >= 4 is 29.2 Å². The fourth-order valence-corrected chi connectivity index (χ4v) is 5.20. The predicted molar refractivity (Wildman–Crippen MR) is 149 cm³/mol. The molecule has 0 spiro atoms. The molecule has 2 aromatic carbocycles. The highest BCUT2D eigenvalue weighted by Gasteiger charge is 2.21. The summed E-state index contributed by atoms with van der Waals surface area (Å²) in [5.41, 5.74) is 3.99. The Morgan fingerprint density at radius 1 is 0.947 bits per heavy atom. The second-order valence-corrected chi connectivity index (χ2v) is 10.0. The molecule has 9 heteroatoms. The molecule has 1 fully saturated rings. The molecular weight excluding hydrogens is 499 g/mol. The monoisotopic (exact) mass is 528 g/mol. The Kier molecular flexibility index (Phi) is 8.13. The van der Waals surface area contributed by atoms with E-state index in [-0.39, 0.29) is 11.7 Å². The van der Waals surface area contributed by atoms with Crippen LogP contribution in [0.15, 0.2) is 84.1 Å². The van der Waals surface area contributed by atoms with Gasteiger partial charge in [-0.25, -0.2) is 14.4 Å². The van der Waals surface area contributed by atoms with Crippen LogP contribution in [0.25, 0.3) is 0 Å². The first kappa shape index (κ1) is 25.7. The summed E-state index contributed by atoms with van der Waals surface area (Å²) in [6, 6.07) is 22.1. The minimum Gasteiger partial charge on any atom is -0.366 e. The number of nitrogens with zero attached hydrogens (tertiary/aromatic N) is 5. The molecule has 194 valence electrons.